The molecule has 22 heavy (non-hydrogen) atoms. The number of rotatable bonds is 1. The van der Waals surface area contributed by atoms with Crippen LogP contribution in [0.1, 0.15) is 52.9 Å². The van der Waals surface area contributed by atoms with Gasteiger partial charge in [-0.2, -0.15) is 0 Å². The highest BCUT2D eigenvalue weighted by Crippen LogP contribution is 2.61. The van der Waals surface area contributed by atoms with Gasteiger partial charge in [-0.1, -0.05) is 31.6 Å². The molecule has 3 aliphatic rings. The van der Waals surface area contributed by atoms with Gasteiger partial charge in [0.25, 0.3) is 0 Å². The van der Waals surface area contributed by atoms with E-state index in [1.54, 1.807) is 6.92 Å². The Hall–Kier alpha value is -0.640. The number of allylic oxidation sites excluding steroid dienone is 1. The molecular formula is C19H30O3. The molecule has 0 radical (unpaired) electrons. The Morgan fingerprint density at radius 2 is 1.86 bits per heavy atom. The Balaban J connectivity index is 2.01. The molecule has 0 aromatic carbocycles. The Kier molecular flexibility index (Phi) is 3.63. The van der Waals surface area contributed by atoms with E-state index in [-0.39, 0.29) is 16.7 Å². The van der Waals surface area contributed by atoms with Crippen LogP contribution in [0.5, 0.6) is 0 Å². The summed E-state index contributed by atoms with van der Waals surface area (Å²) in [6, 6.07) is 0. The van der Waals surface area contributed by atoms with Gasteiger partial charge in [-0.25, -0.2) is 0 Å². The molecular weight excluding hydrogens is 276 g/mol. The molecule has 0 aromatic heterocycles. The maximum atomic E-state index is 10.9. The normalized spacial score (nSPS) is 54.9. The first-order valence-corrected chi connectivity index (χ1v) is 8.59. The van der Waals surface area contributed by atoms with E-state index < -0.39 is 17.8 Å². The van der Waals surface area contributed by atoms with Gasteiger partial charge in [0, 0.05) is 5.41 Å². The van der Waals surface area contributed by atoms with Crippen molar-refractivity contribution in [2.24, 2.45) is 22.7 Å². The fraction of sp³-hybridized carbons (Fsp3) is 0.789. The number of hydrogen-bond acceptors (Lipinski definition) is 3. The van der Waals surface area contributed by atoms with Crippen LogP contribution in [0.15, 0.2) is 24.3 Å². The monoisotopic (exact) mass is 306 g/mol. The lowest BCUT2D eigenvalue weighted by atomic mass is 9.47. The van der Waals surface area contributed by atoms with E-state index in [1.165, 1.54) is 5.57 Å². The van der Waals surface area contributed by atoms with Gasteiger partial charge in [0.1, 0.15) is 0 Å². The van der Waals surface area contributed by atoms with E-state index in [1.807, 2.05) is 13.0 Å². The first-order valence-electron chi connectivity index (χ1n) is 8.59. The Labute approximate surface area is 133 Å². The molecule has 7 atom stereocenters. The van der Waals surface area contributed by atoms with Gasteiger partial charge in [-0.15, -0.1) is 6.58 Å². The van der Waals surface area contributed by atoms with Crippen LogP contribution >= 0.6 is 0 Å². The van der Waals surface area contributed by atoms with Crippen molar-refractivity contribution < 1.29 is 15.3 Å². The van der Waals surface area contributed by atoms with Gasteiger partial charge in [-0.3, -0.25) is 0 Å². The van der Waals surface area contributed by atoms with Crippen molar-refractivity contribution in [1.82, 2.24) is 0 Å². The maximum absolute atomic E-state index is 10.9. The van der Waals surface area contributed by atoms with Crippen molar-refractivity contribution in [2.75, 3.05) is 0 Å². The third-order valence-electron chi connectivity index (χ3n) is 7.21. The van der Waals surface area contributed by atoms with Gasteiger partial charge in [0.2, 0.25) is 0 Å². The lowest BCUT2D eigenvalue weighted by Gasteiger charge is -2.60. The van der Waals surface area contributed by atoms with Crippen molar-refractivity contribution in [3.63, 3.8) is 0 Å². The first kappa shape index (κ1) is 16.2. The van der Waals surface area contributed by atoms with E-state index in [4.69, 9.17) is 0 Å². The van der Waals surface area contributed by atoms with Crippen molar-refractivity contribution in [2.45, 2.75) is 70.7 Å². The summed E-state index contributed by atoms with van der Waals surface area (Å²) in [4.78, 5) is 0. The van der Waals surface area contributed by atoms with Crippen LogP contribution in [-0.2, 0) is 0 Å². The van der Waals surface area contributed by atoms with Gasteiger partial charge in [-0.05, 0) is 56.3 Å². The smallest absolute Gasteiger partial charge is 0.0910 e. The molecule has 2 saturated carbocycles. The van der Waals surface area contributed by atoms with Gasteiger partial charge >= 0.3 is 0 Å². The SMILES string of the molecule is C=C[C@@]1(C)C=C2CC[C@@H]3[C@@](C)(O)[C@H](O)CC[C@@]3(C)[C@@H]2C[C@@H]1O. The van der Waals surface area contributed by atoms with E-state index in [0.717, 1.165) is 25.7 Å². The fourth-order valence-corrected chi connectivity index (χ4v) is 5.52. The summed E-state index contributed by atoms with van der Waals surface area (Å²) in [5, 5.41) is 31.7. The highest BCUT2D eigenvalue weighted by molar-refractivity contribution is 5.29. The Bertz CT molecular complexity index is 509. The van der Waals surface area contributed by atoms with Crippen molar-refractivity contribution >= 4 is 0 Å². The summed E-state index contributed by atoms with van der Waals surface area (Å²) < 4.78 is 0. The molecule has 3 N–H and O–H groups in total. The van der Waals surface area contributed by atoms with Crippen LogP contribution in [-0.4, -0.2) is 33.1 Å². The van der Waals surface area contributed by atoms with Crippen LogP contribution in [0.3, 0.4) is 0 Å². The molecule has 2 fully saturated rings. The van der Waals surface area contributed by atoms with Crippen LogP contribution < -0.4 is 0 Å². The summed E-state index contributed by atoms with van der Waals surface area (Å²) >= 11 is 0. The molecule has 3 rings (SSSR count). The maximum Gasteiger partial charge on any atom is 0.0910 e. The van der Waals surface area contributed by atoms with E-state index in [0.29, 0.717) is 12.3 Å². The van der Waals surface area contributed by atoms with Gasteiger partial charge in [0.05, 0.1) is 17.8 Å². The van der Waals surface area contributed by atoms with Crippen molar-refractivity contribution in [1.29, 1.82) is 0 Å². The van der Waals surface area contributed by atoms with Crippen LogP contribution in [0, 0.1) is 22.7 Å². The lowest BCUT2D eigenvalue weighted by Crippen LogP contribution is -2.61. The Morgan fingerprint density at radius 3 is 2.50 bits per heavy atom. The molecule has 3 nitrogen and oxygen atoms in total. The molecule has 0 amide bonds. The molecule has 0 unspecified atom stereocenters. The zero-order valence-electron chi connectivity index (χ0n) is 14.0. The third-order valence-corrected chi connectivity index (χ3v) is 7.21. The average Bonchev–Trinajstić information content (AvgIpc) is 2.46. The van der Waals surface area contributed by atoms with E-state index in [2.05, 4.69) is 19.6 Å². The fourth-order valence-electron chi connectivity index (χ4n) is 5.52. The number of aliphatic hydroxyl groups excluding tert-OH is 2. The summed E-state index contributed by atoms with van der Waals surface area (Å²) in [5.74, 6) is 0.388. The van der Waals surface area contributed by atoms with E-state index >= 15 is 0 Å². The van der Waals surface area contributed by atoms with Gasteiger partial charge < -0.3 is 15.3 Å². The number of fused-ring (bicyclic) bond motifs is 3. The highest BCUT2D eigenvalue weighted by Gasteiger charge is 2.59. The quantitative estimate of drug-likeness (QED) is 0.653. The predicted octanol–water partition coefficient (Wildman–Crippen LogP) is 2.81. The Morgan fingerprint density at radius 1 is 1.18 bits per heavy atom. The summed E-state index contributed by atoms with van der Waals surface area (Å²) in [7, 11) is 0. The largest absolute Gasteiger partial charge is 0.392 e. The lowest BCUT2D eigenvalue weighted by molar-refractivity contribution is -0.190. The molecule has 3 heteroatoms. The van der Waals surface area contributed by atoms with Gasteiger partial charge in [0.15, 0.2) is 0 Å². The number of aliphatic hydroxyl groups is 3. The zero-order chi connectivity index (χ0) is 16.3. The average molecular weight is 306 g/mol. The topological polar surface area (TPSA) is 60.7 Å². The molecule has 124 valence electrons. The highest BCUT2D eigenvalue weighted by atomic mass is 16.3. The summed E-state index contributed by atoms with van der Waals surface area (Å²) in [5.41, 5.74) is 0.00339. The van der Waals surface area contributed by atoms with Crippen molar-refractivity contribution in [3.05, 3.63) is 24.3 Å². The minimum absolute atomic E-state index is 0.0453. The molecule has 0 aromatic rings. The summed E-state index contributed by atoms with van der Waals surface area (Å²) in [6.07, 6.45) is 7.15. The minimum Gasteiger partial charge on any atom is -0.392 e. The van der Waals surface area contributed by atoms with Crippen LogP contribution in [0.4, 0.5) is 0 Å². The molecule has 0 spiro atoms. The van der Waals surface area contributed by atoms with Crippen molar-refractivity contribution in [3.8, 4) is 0 Å². The second kappa shape index (κ2) is 4.93. The number of hydrogen-bond donors (Lipinski definition) is 3. The van der Waals surface area contributed by atoms with E-state index in [9.17, 15) is 15.3 Å². The molecule has 0 aliphatic heterocycles. The zero-order valence-corrected chi connectivity index (χ0v) is 14.0. The molecule has 0 bridgehead atoms. The predicted molar refractivity (Wildman–Crippen MR) is 87.2 cm³/mol. The molecule has 3 aliphatic carbocycles. The summed E-state index contributed by atoms with van der Waals surface area (Å²) in [6.45, 7) is 9.99. The molecule has 0 heterocycles. The standard InChI is InChI=1S/C19H30O3/c1-5-17(2)11-12-6-7-14-18(3,13(12)10-16(17)21)9-8-15(20)19(14,4)22/h5,11,13-16,20-22H,1,6-10H2,2-4H3/t13-,14+,15-,16+,17+,18+,19-/m1/s1. The van der Waals surface area contributed by atoms with Crippen LogP contribution in [0.25, 0.3) is 0 Å². The van der Waals surface area contributed by atoms with Crippen LogP contribution in [0.2, 0.25) is 0 Å². The first-order chi connectivity index (χ1) is 10.1. The molecule has 0 saturated heterocycles. The second-order valence-electron chi connectivity index (χ2n) is 8.47. The third kappa shape index (κ3) is 2.05. The minimum atomic E-state index is -1.03. The second-order valence-corrected chi connectivity index (χ2v) is 8.47.